The smallest absolute Gasteiger partial charge is 0.239 e. The van der Waals surface area contributed by atoms with Crippen LogP contribution >= 0.6 is 0 Å². The van der Waals surface area contributed by atoms with Crippen LogP contribution in [0.15, 0.2) is 42.6 Å². The molecule has 0 aliphatic carbocycles. The molecule has 2 aromatic rings. The minimum absolute atomic E-state index is 0.00647. The lowest BCUT2D eigenvalue weighted by Crippen LogP contribution is -2.48. The number of anilines is 2. The molecular weight excluding hydrogens is 332 g/mol. The van der Waals surface area contributed by atoms with E-state index < -0.39 is 0 Å². The molecule has 0 radical (unpaired) electrons. The topological polar surface area (TPSA) is 83.6 Å². The molecule has 4 rings (SSSR count). The van der Waals surface area contributed by atoms with Crippen LogP contribution in [0, 0.1) is 5.92 Å². The van der Waals surface area contributed by atoms with Crippen LogP contribution in [0.3, 0.4) is 0 Å². The van der Waals surface area contributed by atoms with Crippen LogP contribution in [-0.2, 0) is 16.0 Å². The number of piperazine rings is 1. The van der Waals surface area contributed by atoms with Crippen LogP contribution in [0.2, 0.25) is 0 Å². The van der Waals surface area contributed by atoms with Gasteiger partial charge in [0.15, 0.2) is 0 Å². The molecule has 2 aliphatic rings. The van der Waals surface area contributed by atoms with Gasteiger partial charge in [0.25, 0.3) is 0 Å². The molecule has 0 spiro atoms. The summed E-state index contributed by atoms with van der Waals surface area (Å²) in [6, 6.07) is 11.4. The average Bonchev–Trinajstić information content (AvgIpc) is 2.68. The fourth-order valence-corrected chi connectivity index (χ4v) is 3.22. The molecule has 3 heterocycles. The fraction of sp³-hybridized carbons (Fsp3) is 0.316. The largest absolute Gasteiger partial charge is 0.492 e. The normalized spacial score (nSPS) is 19.2. The van der Waals surface area contributed by atoms with E-state index in [4.69, 9.17) is 4.74 Å². The second kappa shape index (κ2) is 7.03. The Morgan fingerprint density at radius 2 is 2.15 bits per heavy atom. The zero-order chi connectivity index (χ0) is 17.9. The number of fused-ring (bicyclic) bond motifs is 1. The molecule has 0 unspecified atom stereocenters. The lowest BCUT2D eigenvalue weighted by molar-refractivity contribution is -0.121. The second-order valence-corrected chi connectivity index (χ2v) is 6.49. The van der Waals surface area contributed by atoms with Crippen molar-refractivity contribution in [2.75, 3.05) is 36.5 Å². The summed E-state index contributed by atoms with van der Waals surface area (Å²) in [6.45, 7) is 2.01. The van der Waals surface area contributed by atoms with Crippen LogP contribution in [0.4, 0.5) is 11.5 Å². The Balaban J connectivity index is 1.38. The summed E-state index contributed by atoms with van der Waals surface area (Å²) in [4.78, 5) is 30.3. The second-order valence-electron chi connectivity index (χ2n) is 6.49. The maximum absolute atomic E-state index is 12.5. The van der Waals surface area contributed by atoms with E-state index in [9.17, 15) is 9.59 Å². The summed E-state index contributed by atoms with van der Waals surface area (Å²) < 4.78 is 5.68. The number of para-hydroxylation sites is 1. The Bertz CT molecular complexity index is 822. The standard InChI is InChI=1S/C19H20N4O3/c24-18-11-23(8-7-20-18)17-6-5-15(10-21-17)22-19(25)14-9-13-3-1-2-4-16(13)26-12-14/h1-6,10,14H,7-9,11-12H2,(H,20,24)(H,22,25)/t14-/m0/s1. The highest BCUT2D eigenvalue weighted by Crippen LogP contribution is 2.27. The minimum Gasteiger partial charge on any atom is -0.492 e. The summed E-state index contributed by atoms with van der Waals surface area (Å²) in [5.74, 6) is 1.27. The van der Waals surface area contributed by atoms with Gasteiger partial charge in [0.2, 0.25) is 11.8 Å². The molecule has 2 N–H and O–H groups in total. The molecule has 0 bridgehead atoms. The Morgan fingerprint density at radius 1 is 1.27 bits per heavy atom. The van der Waals surface area contributed by atoms with Crippen LogP contribution < -0.4 is 20.3 Å². The number of hydrogen-bond donors (Lipinski definition) is 2. The van der Waals surface area contributed by atoms with Crippen molar-refractivity contribution in [3.63, 3.8) is 0 Å². The number of benzene rings is 1. The van der Waals surface area contributed by atoms with E-state index >= 15 is 0 Å². The molecule has 2 aliphatic heterocycles. The zero-order valence-electron chi connectivity index (χ0n) is 14.3. The monoisotopic (exact) mass is 352 g/mol. The summed E-state index contributed by atoms with van der Waals surface area (Å²) in [7, 11) is 0. The highest BCUT2D eigenvalue weighted by molar-refractivity contribution is 5.93. The number of nitrogens with zero attached hydrogens (tertiary/aromatic N) is 2. The predicted octanol–water partition coefficient (Wildman–Crippen LogP) is 1.21. The zero-order valence-corrected chi connectivity index (χ0v) is 14.3. The number of amides is 2. The molecule has 7 heteroatoms. The predicted molar refractivity (Wildman–Crippen MR) is 97.2 cm³/mol. The maximum Gasteiger partial charge on any atom is 0.239 e. The summed E-state index contributed by atoms with van der Waals surface area (Å²) in [6.07, 6.45) is 2.29. The first kappa shape index (κ1) is 16.4. The molecule has 7 nitrogen and oxygen atoms in total. The highest BCUT2D eigenvalue weighted by Gasteiger charge is 2.26. The van der Waals surface area contributed by atoms with Crippen molar-refractivity contribution in [3.05, 3.63) is 48.2 Å². The highest BCUT2D eigenvalue weighted by atomic mass is 16.5. The van der Waals surface area contributed by atoms with E-state index in [0.717, 1.165) is 23.7 Å². The van der Waals surface area contributed by atoms with Crippen molar-refractivity contribution >= 4 is 23.3 Å². The van der Waals surface area contributed by atoms with Gasteiger partial charge in [-0.3, -0.25) is 9.59 Å². The van der Waals surface area contributed by atoms with Gasteiger partial charge < -0.3 is 20.3 Å². The number of carbonyl (C=O) groups is 2. The maximum atomic E-state index is 12.5. The average molecular weight is 352 g/mol. The van der Waals surface area contributed by atoms with Gasteiger partial charge in [-0.25, -0.2) is 4.98 Å². The van der Waals surface area contributed by atoms with Gasteiger partial charge in [-0.05, 0) is 30.2 Å². The summed E-state index contributed by atoms with van der Waals surface area (Å²) in [5.41, 5.74) is 1.69. The van der Waals surface area contributed by atoms with E-state index in [1.807, 2.05) is 41.3 Å². The first-order chi connectivity index (χ1) is 12.7. The van der Waals surface area contributed by atoms with E-state index in [2.05, 4.69) is 15.6 Å². The molecule has 1 fully saturated rings. The number of ether oxygens (including phenoxy) is 1. The van der Waals surface area contributed by atoms with E-state index in [0.29, 0.717) is 31.8 Å². The molecule has 1 saturated heterocycles. The van der Waals surface area contributed by atoms with Gasteiger partial charge in [0.05, 0.1) is 24.3 Å². The molecule has 134 valence electrons. The molecule has 1 atom stereocenters. The van der Waals surface area contributed by atoms with Crippen LogP contribution in [0.5, 0.6) is 5.75 Å². The molecule has 0 saturated carbocycles. The van der Waals surface area contributed by atoms with Crippen molar-refractivity contribution in [1.82, 2.24) is 10.3 Å². The third-order valence-electron chi connectivity index (χ3n) is 4.63. The number of nitrogens with one attached hydrogen (secondary N) is 2. The van der Waals surface area contributed by atoms with Crippen LogP contribution in [0.25, 0.3) is 0 Å². The van der Waals surface area contributed by atoms with Crippen molar-refractivity contribution in [1.29, 1.82) is 0 Å². The van der Waals surface area contributed by atoms with Gasteiger partial charge in [0, 0.05) is 13.1 Å². The van der Waals surface area contributed by atoms with Gasteiger partial charge in [-0.1, -0.05) is 18.2 Å². The van der Waals surface area contributed by atoms with Gasteiger partial charge in [-0.2, -0.15) is 0 Å². The fourth-order valence-electron chi connectivity index (χ4n) is 3.22. The minimum atomic E-state index is -0.227. The number of rotatable bonds is 3. The van der Waals surface area contributed by atoms with Gasteiger partial charge >= 0.3 is 0 Å². The number of aromatic nitrogens is 1. The Morgan fingerprint density at radius 3 is 2.96 bits per heavy atom. The van der Waals surface area contributed by atoms with E-state index in [-0.39, 0.29) is 17.7 Å². The van der Waals surface area contributed by atoms with Crippen molar-refractivity contribution in [3.8, 4) is 5.75 Å². The SMILES string of the molecule is O=C1CN(c2ccc(NC(=O)[C@@H]3COc4ccccc4C3)cn2)CCN1. The first-order valence-electron chi connectivity index (χ1n) is 8.68. The van der Waals surface area contributed by atoms with Crippen molar-refractivity contribution in [2.45, 2.75) is 6.42 Å². The van der Waals surface area contributed by atoms with Crippen molar-refractivity contribution in [2.24, 2.45) is 5.92 Å². The third kappa shape index (κ3) is 3.46. The molecular formula is C19H20N4O3. The number of hydrogen-bond acceptors (Lipinski definition) is 5. The molecule has 1 aromatic carbocycles. The van der Waals surface area contributed by atoms with Gasteiger partial charge in [-0.15, -0.1) is 0 Å². The van der Waals surface area contributed by atoms with E-state index in [1.165, 1.54) is 0 Å². The third-order valence-corrected chi connectivity index (χ3v) is 4.63. The quantitative estimate of drug-likeness (QED) is 0.867. The molecule has 26 heavy (non-hydrogen) atoms. The van der Waals surface area contributed by atoms with Gasteiger partial charge in [0.1, 0.15) is 18.2 Å². The number of carbonyl (C=O) groups excluding carboxylic acids is 2. The Labute approximate surface area is 151 Å². The summed E-state index contributed by atoms with van der Waals surface area (Å²) >= 11 is 0. The lowest BCUT2D eigenvalue weighted by Gasteiger charge is -2.27. The lowest BCUT2D eigenvalue weighted by atomic mass is 9.96. The molecule has 1 aromatic heterocycles. The van der Waals surface area contributed by atoms with Crippen LogP contribution in [0.1, 0.15) is 5.56 Å². The summed E-state index contributed by atoms with van der Waals surface area (Å²) in [5, 5.41) is 5.69. The molecule has 2 amide bonds. The Hall–Kier alpha value is -3.09. The van der Waals surface area contributed by atoms with Crippen molar-refractivity contribution < 1.29 is 14.3 Å². The Kier molecular flexibility index (Phi) is 4.43. The number of pyridine rings is 1. The van der Waals surface area contributed by atoms with E-state index in [1.54, 1.807) is 6.20 Å². The van der Waals surface area contributed by atoms with Crippen LogP contribution in [-0.4, -0.2) is 43.0 Å². The first-order valence-corrected chi connectivity index (χ1v) is 8.68.